The van der Waals surface area contributed by atoms with E-state index >= 15 is 0 Å². The van der Waals surface area contributed by atoms with Crippen LogP contribution in [0.2, 0.25) is 0 Å². The zero-order valence-electron chi connectivity index (χ0n) is 20.0. The highest BCUT2D eigenvalue weighted by Gasteiger charge is 2.20. The molecule has 10 heteroatoms. The fraction of sp³-hybridized carbons (Fsp3) is 0.280. The molecule has 2 N–H and O–H groups in total. The summed E-state index contributed by atoms with van der Waals surface area (Å²) in [5.74, 6) is 1.37. The van der Waals surface area contributed by atoms with E-state index in [0.717, 1.165) is 24.1 Å². The Morgan fingerprint density at radius 2 is 2.06 bits per heavy atom. The second-order valence-corrected chi connectivity index (χ2v) is 8.58. The van der Waals surface area contributed by atoms with Crippen molar-refractivity contribution in [2.45, 2.75) is 19.4 Å². The Morgan fingerprint density at radius 3 is 2.71 bits per heavy atom. The molecular formula is C25H27N9O. The van der Waals surface area contributed by atoms with Gasteiger partial charge in [-0.25, -0.2) is 19.9 Å². The molecule has 35 heavy (non-hydrogen) atoms. The van der Waals surface area contributed by atoms with E-state index in [9.17, 15) is 10.1 Å². The molecule has 1 aliphatic rings. The number of rotatable bonds is 7. The van der Waals surface area contributed by atoms with Crippen LogP contribution in [0, 0.1) is 11.3 Å². The molecule has 1 aliphatic heterocycles. The van der Waals surface area contributed by atoms with Crippen molar-refractivity contribution in [1.82, 2.24) is 24.8 Å². The summed E-state index contributed by atoms with van der Waals surface area (Å²) in [7, 11) is 3.68. The third-order valence-corrected chi connectivity index (χ3v) is 5.81. The number of nitriles is 1. The van der Waals surface area contributed by atoms with Crippen molar-refractivity contribution in [3.8, 4) is 17.3 Å². The predicted octanol–water partition coefficient (Wildman–Crippen LogP) is 3.20. The third kappa shape index (κ3) is 5.59. The summed E-state index contributed by atoms with van der Waals surface area (Å²) in [6.45, 7) is 7.37. The van der Waals surface area contributed by atoms with E-state index in [-0.39, 0.29) is 11.9 Å². The molecule has 0 saturated carbocycles. The van der Waals surface area contributed by atoms with Crippen LogP contribution in [0.25, 0.3) is 11.3 Å². The van der Waals surface area contributed by atoms with Gasteiger partial charge in [-0.1, -0.05) is 12.2 Å². The standard InChI is InChI=1S/C25H27N9O/c1-16-8-10-34(15-16)23-18(12-26)11-19(13-29-23)21-7-9-27-25(31-21)30-20-5-6-22(28-14-20)32-24(35)17(2)33(3)4/h5-7,9,11,13-14,17H,1,8,10,15H2,2-4H3,(H,27,30,31)(H,28,32,35). The van der Waals surface area contributed by atoms with Gasteiger partial charge in [0.15, 0.2) is 0 Å². The lowest BCUT2D eigenvalue weighted by Gasteiger charge is -2.18. The smallest absolute Gasteiger partial charge is 0.242 e. The fourth-order valence-electron chi connectivity index (χ4n) is 3.55. The van der Waals surface area contributed by atoms with Gasteiger partial charge < -0.3 is 15.5 Å². The first kappa shape index (κ1) is 23.8. The van der Waals surface area contributed by atoms with Crippen LogP contribution in [0.5, 0.6) is 0 Å². The van der Waals surface area contributed by atoms with Gasteiger partial charge in [-0.3, -0.25) is 9.69 Å². The molecule has 3 aromatic heterocycles. The molecular weight excluding hydrogens is 442 g/mol. The summed E-state index contributed by atoms with van der Waals surface area (Å²) >= 11 is 0. The Balaban J connectivity index is 1.47. The van der Waals surface area contributed by atoms with Crippen molar-refractivity contribution in [3.63, 3.8) is 0 Å². The van der Waals surface area contributed by atoms with Crippen LogP contribution in [-0.2, 0) is 4.79 Å². The van der Waals surface area contributed by atoms with E-state index in [1.807, 2.05) is 25.9 Å². The fourth-order valence-corrected chi connectivity index (χ4v) is 3.55. The molecule has 0 spiro atoms. The lowest BCUT2D eigenvalue weighted by Crippen LogP contribution is -2.37. The summed E-state index contributed by atoms with van der Waals surface area (Å²) in [6.07, 6.45) is 5.86. The highest BCUT2D eigenvalue weighted by Crippen LogP contribution is 2.27. The average molecular weight is 470 g/mol. The number of hydrogen-bond acceptors (Lipinski definition) is 9. The van der Waals surface area contributed by atoms with Gasteiger partial charge in [0.05, 0.1) is 29.2 Å². The maximum atomic E-state index is 12.2. The zero-order valence-corrected chi connectivity index (χ0v) is 20.0. The Labute approximate surface area is 204 Å². The Bertz CT molecular complexity index is 1280. The first-order chi connectivity index (χ1) is 16.8. The maximum Gasteiger partial charge on any atom is 0.242 e. The van der Waals surface area contributed by atoms with E-state index < -0.39 is 0 Å². The Kier molecular flexibility index (Phi) is 6.98. The number of pyridine rings is 2. The average Bonchev–Trinajstić information content (AvgIpc) is 3.30. The topological polar surface area (TPSA) is 123 Å². The van der Waals surface area contributed by atoms with E-state index in [1.165, 1.54) is 0 Å². The molecule has 1 saturated heterocycles. The summed E-state index contributed by atoms with van der Waals surface area (Å²) in [5, 5.41) is 15.6. The van der Waals surface area contributed by atoms with Gasteiger partial charge in [0.1, 0.15) is 17.7 Å². The van der Waals surface area contributed by atoms with Gasteiger partial charge >= 0.3 is 0 Å². The minimum absolute atomic E-state index is 0.134. The van der Waals surface area contributed by atoms with Crippen LogP contribution in [0.15, 0.2) is 55.0 Å². The van der Waals surface area contributed by atoms with Crippen LogP contribution < -0.4 is 15.5 Å². The van der Waals surface area contributed by atoms with Crippen LogP contribution in [-0.4, -0.2) is 64.0 Å². The van der Waals surface area contributed by atoms with E-state index in [0.29, 0.717) is 41.1 Å². The maximum absolute atomic E-state index is 12.2. The van der Waals surface area contributed by atoms with Crippen molar-refractivity contribution in [1.29, 1.82) is 5.26 Å². The zero-order chi connectivity index (χ0) is 24.9. The van der Waals surface area contributed by atoms with Crippen LogP contribution in [0.3, 0.4) is 0 Å². The van der Waals surface area contributed by atoms with Gasteiger partial charge in [0.2, 0.25) is 11.9 Å². The van der Waals surface area contributed by atoms with Crippen molar-refractivity contribution in [2.24, 2.45) is 0 Å². The molecule has 3 aromatic rings. The first-order valence-electron chi connectivity index (χ1n) is 11.2. The van der Waals surface area contributed by atoms with E-state index in [2.05, 4.69) is 48.1 Å². The highest BCUT2D eigenvalue weighted by atomic mass is 16.2. The molecule has 1 fully saturated rings. The monoisotopic (exact) mass is 469 g/mol. The van der Waals surface area contributed by atoms with Crippen LogP contribution in [0.4, 0.5) is 23.3 Å². The third-order valence-electron chi connectivity index (χ3n) is 5.81. The molecule has 4 heterocycles. The summed E-state index contributed by atoms with van der Waals surface area (Å²) in [4.78, 5) is 33.8. The number of carbonyl (C=O) groups excluding carboxylic acids is 1. The SMILES string of the molecule is C=C1CCN(c2ncc(-c3ccnc(Nc4ccc(NC(=O)C(C)N(C)C)nc4)n3)cc2C#N)C1. The minimum atomic E-state index is -0.273. The highest BCUT2D eigenvalue weighted by molar-refractivity contribution is 5.93. The lowest BCUT2D eigenvalue weighted by atomic mass is 10.1. The molecule has 178 valence electrons. The molecule has 0 aromatic carbocycles. The van der Waals surface area contributed by atoms with Gasteiger partial charge in [-0.2, -0.15) is 5.26 Å². The molecule has 1 unspecified atom stereocenters. The Hall–Kier alpha value is -4.36. The number of anilines is 4. The van der Waals surface area contributed by atoms with Gasteiger partial charge in [-0.15, -0.1) is 0 Å². The molecule has 1 atom stereocenters. The van der Waals surface area contributed by atoms with Crippen molar-refractivity contribution in [3.05, 3.63) is 60.6 Å². The van der Waals surface area contributed by atoms with Crippen LogP contribution >= 0.6 is 0 Å². The number of hydrogen-bond donors (Lipinski definition) is 2. The number of likely N-dealkylation sites (N-methyl/N-ethyl adjacent to an activating group) is 1. The van der Waals surface area contributed by atoms with E-state index in [1.54, 1.807) is 42.9 Å². The molecule has 0 bridgehead atoms. The van der Waals surface area contributed by atoms with Crippen molar-refractivity contribution in [2.75, 3.05) is 42.7 Å². The predicted molar refractivity (Wildman–Crippen MR) is 135 cm³/mol. The summed E-state index contributed by atoms with van der Waals surface area (Å²) in [6, 6.07) is 9.03. The van der Waals surface area contributed by atoms with Gasteiger partial charge in [0.25, 0.3) is 0 Å². The number of nitrogens with one attached hydrogen (secondary N) is 2. The number of carbonyl (C=O) groups is 1. The normalized spacial score (nSPS) is 14.0. The molecule has 0 aliphatic carbocycles. The second kappa shape index (κ2) is 10.3. The van der Waals surface area contributed by atoms with Crippen molar-refractivity contribution < 1.29 is 4.79 Å². The largest absolute Gasteiger partial charge is 0.351 e. The van der Waals surface area contributed by atoms with Crippen LogP contribution in [0.1, 0.15) is 18.9 Å². The van der Waals surface area contributed by atoms with Gasteiger partial charge in [0, 0.05) is 31.0 Å². The second-order valence-electron chi connectivity index (χ2n) is 8.58. The molecule has 0 radical (unpaired) electrons. The summed E-state index contributed by atoms with van der Waals surface area (Å²) < 4.78 is 0. The molecule has 4 rings (SSSR count). The quantitative estimate of drug-likeness (QED) is 0.502. The Morgan fingerprint density at radius 1 is 1.23 bits per heavy atom. The summed E-state index contributed by atoms with van der Waals surface area (Å²) in [5.41, 5.74) is 3.66. The van der Waals surface area contributed by atoms with Crippen molar-refractivity contribution >= 4 is 29.2 Å². The van der Waals surface area contributed by atoms with Gasteiger partial charge in [-0.05, 0) is 51.7 Å². The molecule has 1 amide bonds. The first-order valence-corrected chi connectivity index (χ1v) is 11.2. The number of aromatic nitrogens is 4. The minimum Gasteiger partial charge on any atom is -0.351 e. The van der Waals surface area contributed by atoms with E-state index in [4.69, 9.17) is 0 Å². The lowest BCUT2D eigenvalue weighted by molar-refractivity contribution is -0.119. The number of amides is 1. The number of nitrogens with zero attached hydrogens (tertiary/aromatic N) is 7. The molecule has 10 nitrogen and oxygen atoms in total.